The van der Waals surface area contributed by atoms with Gasteiger partial charge in [-0.25, -0.2) is 9.97 Å². The Morgan fingerprint density at radius 1 is 1.07 bits per heavy atom. The first-order valence-electron chi connectivity index (χ1n) is 9.35. The van der Waals surface area contributed by atoms with Crippen molar-refractivity contribution in [2.75, 3.05) is 36.2 Å². The van der Waals surface area contributed by atoms with E-state index in [-0.39, 0.29) is 5.75 Å². The lowest BCUT2D eigenvalue weighted by atomic mass is 10.1. The molecule has 8 nitrogen and oxygen atoms in total. The second-order valence-corrected chi connectivity index (χ2v) is 6.92. The number of imidazole rings is 1. The number of aromatic nitrogens is 4. The second kappa shape index (κ2) is 8.05. The van der Waals surface area contributed by atoms with E-state index < -0.39 is 0 Å². The number of aromatic hydroxyl groups is 1. The van der Waals surface area contributed by atoms with Gasteiger partial charge in [0.15, 0.2) is 11.5 Å². The normalized spacial score (nSPS) is 10.8. The molecule has 0 aliphatic rings. The summed E-state index contributed by atoms with van der Waals surface area (Å²) in [5.74, 6) is 1.59. The maximum Gasteiger partial charge on any atom is 0.207 e. The molecule has 8 heteroatoms. The van der Waals surface area contributed by atoms with Gasteiger partial charge >= 0.3 is 0 Å². The molecule has 0 saturated heterocycles. The van der Waals surface area contributed by atoms with E-state index in [4.69, 9.17) is 0 Å². The third kappa shape index (κ3) is 4.37. The molecule has 0 fully saturated rings. The zero-order chi connectivity index (χ0) is 20.2. The lowest BCUT2D eigenvalue weighted by Crippen LogP contribution is -2.08. The molecule has 0 saturated carbocycles. The minimum absolute atomic E-state index is 0.271. The van der Waals surface area contributed by atoms with Crippen LogP contribution in [0.3, 0.4) is 0 Å². The molecule has 0 aliphatic heterocycles. The van der Waals surface area contributed by atoms with Gasteiger partial charge in [-0.1, -0.05) is 18.2 Å². The largest absolute Gasteiger partial charge is 0.508 e. The summed E-state index contributed by atoms with van der Waals surface area (Å²) in [4.78, 5) is 18.4. The van der Waals surface area contributed by atoms with Crippen LogP contribution in [0.15, 0.2) is 54.9 Å². The van der Waals surface area contributed by atoms with Crippen molar-refractivity contribution in [1.29, 1.82) is 0 Å². The zero-order valence-electron chi connectivity index (χ0n) is 16.3. The maximum absolute atomic E-state index is 9.38. The third-order valence-corrected chi connectivity index (χ3v) is 4.56. The highest BCUT2D eigenvalue weighted by molar-refractivity contribution is 5.85. The monoisotopic (exact) mass is 389 g/mol. The Hall–Kier alpha value is -3.81. The Morgan fingerprint density at radius 3 is 2.69 bits per heavy atom. The Balaban J connectivity index is 1.48. The van der Waals surface area contributed by atoms with Crippen LogP contribution in [0.1, 0.15) is 5.56 Å². The molecule has 0 spiro atoms. The van der Waals surface area contributed by atoms with Crippen molar-refractivity contribution in [2.45, 2.75) is 6.42 Å². The van der Waals surface area contributed by atoms with Crippen LogP contribution in [0.25, 0.3) is 11.2 Å². The number of nitrogens with one attached hydrogen (secondary N) is 3. The predicted molar refractivity (Wildman–Crippen MR) is 116 cm³/mol. The van der Waals surface area contributed by atoms with Gasteiger partial charge in [-0.15, -0.1) is 0 Å². The molecule has 0 radical (unpaired) electrons. The molecule has 0 amide bonds. The summed E-state index contributed by atoms with van der Waals surface area (Å²) in [7, 11) is 4.01. The summed E-state index contributed by atoms with van der Waals surface area (Å²) in [6, 6.07) is 15.3. The topological polar surface area (TPSA) is 102 Å². The molecule has 2 aromatic carbocycles. The maximum atomic E-state index is 9.38. The number of aromatic amines is 1. The van der Waals surface area contributed by atoms with E-state index >= 15 is 0 Å². The lowest BCUT2D eigenvalue weighted by molar-refractivity contribution is 0.475. The standard InChI is InChI=1S/C21H23N7O/c1-28(2)16-5-3-4-15(12-16)25-21-26-18-19(23-13-24-20(18)27-21)22-11-10-14-6-8-17(29)9-7-14/h3-9,12-13,29H,10-11H2,1-2H3,(H3,22,23,24,25,26,27). The molecule has 29 heavy (non-hydrogen) atoms. The van der Waals surface area contributed by atoms with Gasteiger partial charge in [0.1, 0.15) is 17.6 Å². The van der Waals surface area contributed by atoms with Gasteiger partial charge < -0.3 is 25.6 Å². The Labute approximate surface area is 168 Å². The van der Waals surface area contributed by atoms with Crippen LogP contribution < -0.4 is 15.5 Å². The smallest absolute Gasteiger partial charge is 0.207 e. The molecule has 4 aromatic rings. The van der Waals surface area contributed by atoms with E-state index in [1.165, 1.54) is 6.33 Å². The summed E-state index contributed by atoms with van der Waals surface area (Å²) in [5.41, 5.74) is 4.52. The Kier molecular flexibility index (Phi) is 5.15. The average Bonchev–Trinajstić information content (AvgIpc) is 3.13. The number of rotatable bonds is 7. The van der Waals surface area contributed by atoms with Gasteiger partial charge in [-0.2, -0.15) is 4.98 Å². The molecule has 0 atom stereocenters. The molecule has 2 aromatic heterocycles. The van der Waals surface area contributed by atoms with Crippen molar-refractivity contribution >= 4 is 34.3 Å². The van der Waals surface area contributed by atoms with Crippen LogP contribution in [-0.4, -0.2) is 45.7 Å². The second-order valence-electron chi connectivity index (χ2n) is 6.92. The predicted octanol–water partition coefficient (Wildman–Crippen LogP) is 3.52. The number of fused-ring (bicyclic) bond motifs is 1. The van der Waals surface area contributed by atoms with Crippen molar-refractivity contribution in [3.05, 3.63) is 60.4 Å². The summed E-state index contributed by atoms with van der Waals surface area (Å²) < 4.78 is 0. The van der Waals surface area contributed by atoms with E-state index in [1.807, 2.05) is 49.3 Å². The third-order valence-electron chi connectivity index (χ3n) is 4.56. The van der Waals surface area contributed by atoms with Crippen molar-refractivity contribution < 1.29 is 5.11 Å². The first kappa shape index (κ1) is 18.5. The van der Waals surface area contributed by atoms with Gasteiger partial charge in [0.25, 0.3) is 0 Å². The van der Waals surface area contributed by atoms with Crippen LogP contribution in [-0.2, 0) is 6.42 Å². The molecule has 0 bridgehead atoms. The summed E-state index contributed by atoms with van der Waals surface area (Å²) in [5, 5.41) is 16.0. The molecule has 4 N–H and O–H groups in total. The number of benzene rings is 2. The molecule has 148 valence electrons. The van der Waals surface area contributed by atoms with Crippen molar-refractivity contribution in [3.8, 4) is 5.75 Å². The molecular formula is C21H23N7O. The van der Waals surface area contributed by atoms with Crippen LogP contribution in [0.2, 0.25) is 0 Å². The van der Waals surface area contributed by atoms with Crippen molar-refractivity contribution in [3.63, 3.8) is 0 Å². The number of hydrogen-bond acceptors (Lipinski definition) is 7. The molecule has 0 unspecified atom stereocenters. The summed E-state index contributed by atoms with van der Waals surface area (Å²) in [6.45, 7) is 0.698. The van der Waals surface area contributed by atoms with Crippen molar-refractivity contribution in [2.24, 2.45) is 0 Å². The van der Waals surface area contributed by atoms with E-state index in [1.54, 1.807) is 12.1 Å². The van der Waals surface area contributed by atoms with Gasteiger partial charge in [-0.3, -0.25) is 0 Å². The lowest BCUT2D eigenvalue weighted by Gasteiger charge is -2.13. The summed E-state index contributed by atoms with van der Waals surface area (Å²) in [6.07, 6.45) is 2.31. The van der Waals surface area contributed by atoms with E-state index in [2.05, 4.69) is 36.6 Å². The first-order valence-corrected chi connectivity index (χ1v) is 9.35. The Morgan fingerprint density at radius 2 is 1.90 bits per heavy atom. The molecule has 4 rings (SSSR count). The minimum atomic E-state index is 0.271. The fourth-order valence-electron chi connectivity index (χ4n) is 3.01. The minimum Gasteiger partial charge on any atom is -0.508 e. The highest BCUT2D eigenvalue weighted by Gasteiger charge is 2.10. The Bertz CT molecular complexity index is 1110. The van der Waals surface area contributed by atoms with Crippen LogP contribution >= 0.6 is 0 Å². The highest BCUT2D eigenvalue weighted by Crippen LogP contribution is 2.23. The quantitative estimate of drug-likeness (QED) is 0.383. The SMILES string of the molecule is CN(C)c1cccc(Nc2nc3ncnc(NCCc4ccc(O)cc4)c3[nH]2)c1. The number of H-pyrrole nitrogens is 1. The number of phenolic OH excluding ortho intramolecular Hbond substituents is 1. The highest BCUT2D eigenvalue weighted by atomic mass is 16.3. The van der Waals surface area contributed by atoms with Gasteiger partial charge in [-0.05, 0) is 42.3 Å². The number of anilines is 4. The summed E-state index contributed by atoms with van der Waals surface area (Å²) >= 11 is 0. The fraction of sp³-hybridized carbons (Fsp3) is 0.190. The van der Waals surface area contributed by atoms with Gasteiger partial charge in [0, 0.05) is 32.0 Å². The number of hydrogen-bond donors (Lipinski definition) is 4. The van der Waals surface area contributed by atoms with E-state index in [0.717, 1.165) is 28.9 Å². The first-order chi connectivity index (χ1) is 14.1. The van der Waals surface area contributed by atoms with Crippen LogP contribution in [0.5, 0.6) is 5.75 Å². The zero-order valence-corrected chi connectivity index (χ0v) is 16.3. The molecule has 2 heterocycles. The molecular weight excluding hydrogens is 366 g/mol. The number of nitrogens with zero attached hydrogens (tertiary/aromatic N) is 4. The average molecular weight is 389 g/mol. The van der Waals surface area contributed by atoms with Crippen LogP contribution in [0.4, 0.5) is 23.1 Å². The van der Waals surface area contributed by atoms with Crippen molar-refractivity contribution in [1.82, 2.24) is 19.9 Å². The van der Waals surface area contributed by atoms with E-state index in [0.29, 0.717) is 24.0 Å². The van der Waals surface area contributed by atoms with Gasteiger partial charge in [0.2, 0.25) is 5.95 Å². The molecule has 0 aliphatic carbocycles. The van der Waals surface area contributed by atoms with E-state index in [9.17, 15) is 5.11 Å². The fourth-order valence-corrected chi connectivity index (χ4v) is 3.01. The van der Waals surface area contributed by atoms with Gasteiger partial charge in [0.05, 0.1) is 0 Å². The number of phenols is 1. The van der Waals surface area contributed by atoms with Crippen LogP contribution in [0, 0.1) is 0 Å².